The van der Waals surface area contributed by atoms with Crippen molar-refractivity contribution in [3.63, 3.8) is 0 Å². The molecule has 0 bridgehead atoms. The van der Waals surface area contributed by atoms with Gasteiger partial charge in [-0.2, -0.15) is 0 Å². The van der Waals surface area contributed by atoms with E-state index in [-0.39, 0.29) is 23.3 Å². The van der Waals surface area contributed by atoms with Gasteiger partial charge in [-0.15, -0.1) is 0 Å². The van der Waals surface area contributed by atoms with Crippen LogP contribution < -0.4 is 16.2 Å². The number of nitrogens with one attached hydrogen (secondary N) is 3. The molecule has 3 N–H and O–H groups in total. The van der Waals surface area contributed by atoms with Crippen LogP contribution >= 0.6 is 0 Å². The summed E-state index contributed by atoms with van der Waals surface area (Å²) in [4.78, 5) is 44.1. The molecule has 0 radical (unpaired) electrons. The van der Waals surface area contributed by atoms with E-state index in [1.807, 2.05) is 19.9 Å². The molecule has 0 aliphatic heterocycles. The first-order valence-electron chi connectivity index (χ1n) is 9.68. The van der Waals surface area contributed by atoms with Gasteiger partial charge in [0.25, 0.3) is 11.5 Å². The number of aryl methyl sites for hydroxylation is 1. The highest BCUT2D eigenvalue weighted by atomic mass is 16.2. The van der Waals surface area contributed by atoms with Crippen LogP contribution in [0.1, 0.15) is 29.9 Å². The lowest BCUT2D eigenvalue weighted by Gasteiger charge is -2.22. The number of benzene rings is 2. The Kier molecular flexibility index (Phi) is 6.41. The molecule has 1 unspecified atom stereocenters. The Morgan fingerprint density at radius 3 is 2.40 bits per heavy atom. The molecular weight excluding hydrogens is 380 g/mol. The van der Waals surface area contributed by atoms with Gasteiger partial charge in [-0.3, -0.25) is 14.4 Å². The molecular formula is C23H24N4O3. The first kappa shape index (κ1) is 21.0. The van der Waals surface area contributed by atoms with Crippen molar-refractivity contribution in [3.8, 4) is 11.4 Å². The summed E-state index contributed by atoms with van der Waals surface area (Å²) in [7, 11) is 0. The summed E-state index contributed by atoms with van der Waals surface area (Å²) in [6, 6.07) is 16.5. The molecule has 1 atom stereocenters. The average molecular weight is 404 g/mol. The van der Waals surface area contributed by atoms with Gasteiger partial charge >= 0.3 is 0 Å². The zero-order valence-corrected chi connectivity index (χ0v) is 17.1. The molecule has 154 valence electrons. The van der Waals surface area contributed by atoms with Crippen molar-refractivity contribution in [1.82, 2.24) is 15.3 Å². The minimum atomic E-state index is -0.710. The van der Waals surface area contributed by atoms with E-state index in [1.165, 1.54) is 6.07 Å². The summed E-state index contributed by atoms with van der Waals surface area (Å²) < 4.78 is 0. The second-order valence-electron chi connectivity index (χ2n) is 7.37. The minimum absolute atomic E-state index is 0.115. The topological polar surface area (TPSA) is 104 Å². The Labute approximate surface area is 174 Å². The van der Waals surface area contributed by atoms with E-state index in [0.717, 1.165) is 0 Å². The van der Waals surface area contributed by atoms with Crippen LogP contribution in [0.4, 0.5) is 5.69 Å². The lowest BCUT2D eigenvalue weighted by atomic mass is 10.0. The summed E-state index contributed by atoms with van der Waals surface area (Å²) in [5.74, 6) is -0.318. The van der Waals surface area contributed by atoms with Gasteiger partial charge in [-0.05, 0) is 37.1 Å². The van der Waals surface area contributed by atoms with Crippen molar-refractivity contribution < 1.29 is 9.59 Å². The summed E-state index contributed by atoms with van der Waals surface area (Å²) in [6.45, 7) is 5.48. The number of carbonyl (C=O) groups is 2. The van der Waals surface area contributed by atoms with Gasteiger partial charge < -0.3 is 15.6 Å². The summed E-state index contributed by atoms with van der Waals surface area (Å²) in [6.07, 6.45) is 0. The lowest BCUT2D eigenvalue weighted by molar-refractivity contribution is -0.118. The van der Waals surface area contributed by atoms with Crippen LogP contribution in [-0.2, 0) is 4.79 Å². The van der Waals surface area contributed by atoms with Crippen LogP contribution in [0.3, 0.4) is 0 Å². The van der Waals surface area contributed by atoms with Crippen molar-refractivity contribution in [2.45, 2.75) is 26.8 Å². The highest BCUT2D eigenvalue weighted by molar-refractivity contribution is 6.01. The molecule has 0 aliphatic carbocycles. The van der Waals surface area contributed by atoms with Crippen LogP contribution in [0, 0.1) is 12.8 Å². The van der Waals surface area contributed by atoms with Crippen LogP contribution in [0.15, 0.2) is 65.5 Å². The molecule has 2 aromatic carbocycles. The van der Waals surface area contributed by atoms with Gasteiger partial charge in [-0.1, -0.05) is 44.2 Å². The molecule has 3 rings (SSSR count). The molecule has 0 saturated carbocycles. The Balaban J connectivity index is 1.78. The summed E-state index contributed by atoms with van der Waals surface area (Å²) in [5, 5.41) is 5.65. The van der Waals surface area contributed by atoms with Gasteiger partial charge in [0.15, 0.2) is 0 Å². The molecule has 0 spiro atoms. The molecule has 30 heavy (non-hydrogen) atoms. The summed E-state index contributed by atoms with van der Waals surface area (Å²) >= 11 is 0. The van der Waals surface area contributed by atoms with Crippen LogP contribution in [0.5, 0.6) is 0 Å². The number of anilines is 1. The Bertz CT molecular complexity index is 1110. The van der Waals surface area contributed by atoms with E-state index in [0.29, 0.717) is 28.3 Å². The average Bonchev–Trinajstić information content (AvgIpc) is 2.71. The van der Waals surface area contributed by atoms with E-state index < -0.39 is 6.04 Å². The van der Waals surface area contributed by atoms with E-state index in [9.17, 15) is 14.4 Å². The number of aromatic amines is 1. The van der Waals surface area contributed by atoms with Gasteiger partial charge in [0.1, 0.15) is 11.9 Å². The molecule has 7 nitrogen and oxygen atoms in total. The molecule has 7 heteroatoms. The molecule has 1 aromatic heterocycles. The third-order valence-corrected chi connectivity index (χ3v) is 4.54. The quantitative estimate of drug-likeness (QED) is 0.587. The number of rotatable bonds is 6. The standard InChI is InChI=1S/C23H24N4O3/c1-14(2)20(27-22(29)16-8-5-4-6-9-16)23(30)25-18-11-7-10-17(13-18)21-24-15(3)12-19(28)26-21/h4-14,20H,1-3H3,(H,25,30)(H,27,29)(H,24,26,28). The van der Waals surface area contributed by atoms with Gasteiger partial charge in [0.2, 0.25) is 5.91 Å². The fourth-order valence-corrected chi connectivity index (χ4v) is 3.03. The predicted molar refractivity (Wildman–Crippen MR) is 116 cm³/mol. The molecule has 0 fully saturated rings. The first-order chi connectivity index (χ1) is 14.3. The number of carbonyl (C=O) groups excluding carboxylic acids is 2. The maximum Gasteiger partial charge on any atom is 0.251 e. The number of nitrogens with zero attached hydrogens (tertiary/aromatic N) is 1. The van der Waals surface area contributed by atoms with Gasteiger partial charge in [0.05, 0.1) is 0 Å². The summed E-state index contributed by atoms with van der Waals surface area (Å²) in [5.41, 5.74) is 2.07. The number of H-pyrrole nitrogens is 1. The number of aromatic nitrogens is 2. The monoisotopic (exact) mass is 404 g/mol. The number of amides is 2. The molecule has 3 aromatic rings. The normalized spacial score (nSPS) is 11.7. The maximum atomic E-state index is 12.9. The SMILES string of the molecule is Cc1cc(=O)[nH]c(-c2cccc(NC(=O)C(NC(=O)c3ccccc3)C(C)C)c2)n1. The van der Waals surface area contributed by atoms with Crippen LogP contribution in [-0.4, -0.2) is 27.8 Å². The fourth-order valence-electron chi connectivity index (χ4n) is 3.03. The van der Waals surface area contributed by atoms with Crippen molar-refractivity contribution in [2.75, 3.05) is 5.32 Å². The Hall–Kier alpha value is -3.74. The van der Waals surface area contributed by atoms with Gasteiger partial charge in [-0.25, -0.2) is 4.98 Å². The van der Waals surface area contributed by atoms with E-state index in [2.05, 4.69) is 20.6 Å². The van der Waals surface area contributed by atoms with Crippen molar-refractivity contribution in [2.24, 2.45) is 5.92 Å². The smallest absolute Gasteiger partial charge is 0.251 e. The number of hydrogen-bond donors (Lipinski definition) is 3. The van der Waals surface area contributed by atoms with Crippen molar-refractivity contribution in [1.29, 1.82) is 0 Å². The zero-order valence-electron chi connectivity index (χ0n) is 17.1. The largest absolute Gasteiger partial charge is 0.340 e. The fraction of sp³-hybridized carbons (Fsp3) is 0.217. The predicted octanol–water partition coefficient (Wildman–Crippen LogP) is 3.14. The van der Waals surface area contributed by atoms with Crippen molar-refractivity contribution in [3.05, 3.63) is 82.3 Å². The van der Waals surface area contributed by atoms with Gasteiger partial charge in [0, 0.05) is 28.6 Å². The van der Waals surface area contributed by atoms with E-state index in [1.54, 1.807) is 55.5 Å². The third-order valence-electron chi connectivity index (χ3n) is 4.54. The highest BCUT2D eigenvalue weighted by Crippen LogP contribution is 2.19. The molecule has 0 saturated heterocycles. The van der Waals surface area contributed by atoms with Crippen LogP contribution in [0.2, 0.25) is 0 Å². The molecule has 2 amide bonds. The number of hydrogen-bond acceptors (Lipinski definition) is 4. The second kappa shape index (κ2) is 9.17. The second-order valence-corrected chi connectivity index (χ2v) is 7.37. The van der Waals surface area contributed by atoms with Crippen molar-refractivity contribution >= 4 is 17.5 Å². The Morgan fingerprint density at radius 2 is 1.73 bits per heavy atom. The zero-order chi connectivity index (χ0) is 21.7. The lowest BCUT2D eigenvalue weighted by Crippen LogP contribution is -2.47. The molecule has 1 heterocycles. The highest BCUT2D eigenvalue weighted by Gasteiger charge is 2.25. The van der Waals surface area contributed by atoms with Crippen LogP contribution in [0.25, 0.3) is 11.4 Å². The first-order valence-corrected chi connectivity index (χ1v) is 9.68. The molecule has 0 aliphatic rings. The van der Waals surface area contributed by atoms with E-state index in [4.69, 9.17) is 0 Å². The Morgan fingerprint density at radius 1 is 1.00 bits per heavy atom. The third kappa shape index (κ3) is 5.20. The minimum Gasteiger partial charge on any atom is -0.340 e. The maximum absolute atomic E-state index is 12.9. The van der Waals surface area contributed by atoms with E-state index >= 15 is 0 Å².